The minimum atomic E-state index is 0.897. The van der Waals surface area contributed by atoms with Gasteiger partial charge in [-0.3, -0.25) is 5.10 Å². The fourth-order valence-corrected chi connectivity index (χ4v) is 2.41. The second-order valence-electron chi connectivity index (χ2n) is 3.29. The molecule has 14 heavy (non-hydrogen) atoms. The van der Waals surface area contributed by atoms with Gasteiger partial charge in [0.15, 0.2) is 0 Å². The second-order valence-corrected chi connectivity index (χ2v) is 4.19. The predicted octanol–water partition coefficient (Wildman–Crippen LogP) is 1.18. The lowest BCUT2D eigenvalue weighted by atomic mass is 10.1. The van der Waals surface area contributed by atoms with Crippen LogP contribution in [0.25, 0.3) is 10.7 Å². The SMILES string of the molecule is c1csc(-c2n[nH]c3c2CCNC3)n1. The molecule has 0 saturated heterocycles. The maximum absolute atomic E-state index is 4.32. The Morgan fingerprint density at radius 3 is 3.29 bits per heavy atom. The summed E-state index contributed by atoms with van der Waals surface area (Å²) in [6.45, 7) is 1.93. The molecule has 72 valence electrons. The van der Waals surface area contributed by atoms with E-state index in [0.717, 1.165) is 30.2 Å². The second kappa shape index (κ2) is 3.18. The Balaban J connectivity index is 2.11. The lowest BCUT2D eigenvalue weighted by molar-refractivity contribution is 0.633. The molecule has 4 nitrogen and oxygen atoms in total. The topological polar surface area (TPSA) is 53.6 Å². The Kier molecular flexibility index (Phi) is 1.85. The highest BCUT2D eigenvalue weighted by molar-refractivity contribution is 7.13. The maximum Gasteiger partial charge on any atom is 0.143 e. The van der Waals surface area contributed by atoms with Crippen LogP contribution in [0.5, 0.6) is 0 Å². The zero-order chi connectivity index (χ0) is 9.38. The molecule has 0 unspecified atom stereocenters. The van der Waals surface area contributed by atoms with Gasteiger partial charge in [-0.1, -0.05) is 0 Å². The number of hydrogen-bond acceptors (Lipinski definition) is 4. The molecule has 2 aromatic rings. The third kappa shape index (κ3) is 1.17. The van der Waals surface area contributed by atoms with E-state index in [-0.39, 0.29) is 0 Å². The molecule has 1 aliphatic rings. The smallest absolute Gasteiger partial charge is 0.143 e. The van der Waals surface area contributed by atoms with Gasteiger partial charge in [-0.2, -0.15) is 5.10 Å². The van der Waals surface area contributed by atoms with Crippen molar-refractivity contribution in [1.29, 1.82) is 0 Å². The van der Waals surface area contributed by atoms with Crippen molar-refractivity contribution in [3.63, 3.8) is 0 Å². The van der Waals surface area contributed by atoms with Gasteiger partial charge in [0, 0.05) is 23.7 Å². The average molecular weight is 206 g/mol. The van der Waals surface area contributed by atoms with E-state index >= 15 is 0 Å². The number of fused-ring (bicyclic) bond motifs is 1. The summed E-state index contributed by atoms with van der Waals surface area (Å²) in [5.74, 6) is 0. The van der Waals surface area contributed by atoms with Crippen molar-refractivity contribution in [2.45, 2.75) is 13.0 Å². The van der Waals surface area contributed by atoms with Crippen molar-refractivity contribution in [3.05, 3.63) is 22.8 Å². The molecule has 0 fully saturated rings. The first-order valence-corrected chi connectivity index (χ1v) is 5.50. The monoisotopic (exact) mass is 206 g/mol. The number of H-pyrrole nitrogens is 1. The van der Waals surface area contributed by atoms with Crippen molar-refractivity contribution < 1.29 is 0 Å². The summed E-state index contributed by atoms with van der Waals surface area (Å²) in [7, 11) is 0. The Bertz CT molecular complexity index is 432. The molecule has 3 rings (SSSR count). The maximum atomic E-state index is 4.32. The van der Waals surface area contributed by atoms with Gasteiger partial charge in [-0.25, -0.2) is 4.98 Å². The lowest BCUT2D eigenvalue weighted by Gasteiger charge is -2.11. The Morgan fingerprint density at radius 2 is 2.43 bits per heavy atom. The van der Waals surface area contributed by atoms with E-state index in [2.05, 4.69) is 20.5 Å². The molecule has 0 aliphatic carbocycles. The molecule has 5 heteroatoms. The van der Waals surface area contributed by atoms with Crippen molar-refractivity contribution >= 4 is 11.3 Å². The van der Waals surface area contributed by atoms with E-state index in [1.165, 1.54) is 11.3 Å². The molecule has 0 amide bonds. The van der Waals surface area contributed by atoms with Crippen LogP contribution in [0.1, 0.15) is 11.3 Å². The zero-order valence-corrected chi connectivity index (χ0v) is 8.40. The fraction of sp³-hybridized carbons (Fsp3) is 0.333. The first kappa shape index (κ1) is 8.14. The van der Waals surface area contributed by atoms with Crippen molar-refractivity contribution in [1.82, 2.24) is 20.5 Å². The lowest BCUT2D eigenvalue weighted by Crippen LogP contribution is -2.23. The van der Waals surface area contributed by atoms with Crippen LogP contribution in [0.3, 0.4) is 0 Å². The number of hydrogen-bond donors (Lipinski definition) is 2. The Morgan fingerprint density at radius 1 is 1.43 bits per heavy atom. The van der Waals surface area contributed by atoms with Gasteiger partial charge >= 0.3 is 0 Å². The molecular weight excluding hydrogens is 196 g/mol. The van der Waals surface area contributed by atoms with E-state index in [1.54, 1.807) is 11.3 Å². The van der Waals surface area contributed by atoms with Gasteiger partial charge in [0.05, 0.1) is 5.69 Å². The highest BCUT2D eigenvalue weighted by Gasteiger charge is 2.18. The molecule has 2 N–H and O–H groups in total. The number of rotatable bonds is 1. The number of aromatic amines is 1. The highest BCUT2D eigenvalue weighted by atomic mass is 32.1. The van der Waals surface area contributed by atoms with Gasteiger partial charge < -0.3 is 5.32 Å². The number of thiazole rings is 1. The van der Waals surface area contributed by atoms with Crippen molar-refractivity contribution in [2.24, 2.45) is 0 Å². The van der Waals surface area contributed by atoms with Gasteiger partial charge in [-0.05, 0) is 13.0 Å². The molecule has 0 spiro atoms. The Labute approximate surface area is 85.4 Å². The van der Waals surface area contributed by atoms with Gasteiger partial charge in [0.2, 0.25) is 0 Å². The molecule has 0 atom stereocenters. The predicted molar refractivity (Wildman–Crippen MR) is 55.1 cm³/mol. The average Bonchev–Trinajstić information content (AvgIpc) is 2.85. The summed E-state index contributed by atoms with van der Waals surface area (Å²) < 4.78 is 0. The largest absolute Gasteiger partial charge is 0.311 e. The highest BCUT2D eigenvalue weighted by Crippen LogP contribution is 2.27. The quantitative estimate of drug-likeness (QED) is 0.736. The summed E-state index contributed by atoms with van der Waals surface area (Å²) in [6, 6.07) is 0. The van der Waals surface area contributed by atoms with Gasteiger partial charge in [-0.15, -0.1) is 11.3 Å². The zero-order valence-electron chi connectivity index (χ0n) is 7.58. The minimum absolute atomic E-state index is 0.897. The van der Waals surface area contributed by atoms with E-state index in [0.29, 0.717) is 0 Å². The van der Waals surface area contributed by atoms with E-state index in [1.807, 2.05) is 11.6 Å². The third-order valence-corrected chi connectivity index (χ3v) is 3.22. The van der Waals surface area contributed by atoms with Crippen LogP contribution in [-0.2, 0) is 13.0 Å². The van der Waals surface area contributed by atoms with Crippen LogP contribution in [0, 0.1) is 0 Å². The molecule has 3 heterocycles. The molecule has 0 saturated carbocycles. The van der Waals surface area contributed by atoms with E-state index in [4.69, 9.17) is 0 Å². The van der Waals surface area contributed by atoms with E-state index in [9.17, 15) is 0 Å². The number of nitrogens with one attached hydrogen (secondary N) is 2. The summed E-state index contributed by atoms with van der Waals surface area (Å²) in [5, 5.41) is 13.7. The van der Waals surface area contributed by atoms with Crippen LogP contribution in [-0.4, -0.2) is 21.7 Å². The van der Waals surface area contributed by atoms with Crippen LogP contribution < -0.4 is 5.32 Å². The molecule has 0 aromatic carbocycles. The van der Waals surface area contributed by atoms with Gasteiger partial charge in [0.25, 0.3) is 0 Å². The van der Waals surface area contributed by atoms with Crippen LogP contribution in [0.4, 0.5) is 0 Å². The summed E-state index contributed by atoms with van der Waals surface area (Å²) in [5.41, 5.74) is 3.58. The number of nitrogens with zero attached hydrogens (tertiary/aromatic N) is 2. The fourth-order valence-electron chi connectivity index (χ4n) is 1.76. The molecular formula is C9H10N4S. The van der Waals surface area contributed by atoms with Crippen molar-refractivity contribution in [3.8, 4) is 10.7 Å². The molecule has 1 aliphatic heterocycles. The van der Waals surface area contributed by atoms with Crippen molar-refractivity contribution in [2.75, 3.05) is 6.54 Å². The van der Waals surface area contributed by atoms with Crippen LogP contribution >= 0.6 is 11.3 Å². The first-order valence-electron chi connectivity index (χ1n) is 4.62. The third-order valence-electron chi connectivity index (χ3n) is 2.44. The normalized spacial score (nSPS) is 15.4. The Hall–Kier alpha value is -1.20. The van der Waals surface area contributed by atoms with Crippen LogP contribution in [0.2, 0.25) is 0 Å². The standard InChI is InChI=1S/C9H10N4S/c1-2-10-5-7-6(1)8(13-12-7)9-11-3-4-14-9/h3-4,10H,1-2,5H2,(H,12,13). The molecule has 0 bridgehead atoms. The number of aromatic nitrogens is 3. The minimum Gasteiger partial charge on any atom is -0.311 e. The van der Waals surface area contributed by atoms with Crippen LogP contribution in [0.15, 0.2) is 11.6 Å². The summed E-state index contributed by atoms with van der Waals surface area (Å²) in [4.78, 5) is 4.28. The molecule has 0 radical (unpaired) electrons. The summed E-state index contributed by atoms with van der Waals surface area (Å²) in [6.07, 6.45) is 2.86. The van der Waals surface area contributed by atoms with E-state index < -0.39 is 0 Å². The first-order chi connectivity index (χ1) is 6.95. The molecule has 2 aromatic heterocycles. The van der Waals surface area contributed by atoms with Gasteiger partial charge in [0.1, 0.15) is 10.7 Å². The summed E-state index contributed by atoms with van der Waals surface area (Å²) >= 11 is 1.64.